The first-order valence-electron chi connectivity index (χ1n) is 6.68. The molecule has 2 heterocycles. The molecule has 2 saturated heterocycles. The fourth-order valence-corrected chi connectivity index (χ4v) is 3.53. The van der Waals surface area contributed by atoms with Crippen molar-refractivity contribution in [3.63, 3.8) is 0 Å². The minimum atomic E-state index is 0.528. The predicted molar refractivity (Wildman–Crippen MR) is 77.7 cm³/mol. The number of nitrogens with one attached hydrogen (secondary N) is 1. The van der Waals surface area contributed by atoms with Crippen LogP contribution in [0.4, 0.5) is 5.69 Å². The number of piperidine rings is 1. The van der Waals surface area contributed by atoms with E-state index in [9.17, 15) is 0 Å². The van der Waals surface area contributed by atoms with Gasteiger partial charge in [0.25, 0.3) is 0 Å². The zero-order valence-corrected chi connectivity index (χ0v) is 11.8. The second kappa shape index (κ2) is 5.28. The minimum absolute atomic E-state index is 0.528. The highest BCUT2D eigenvalue weighted by Crippen LogP contribution is 2.31. The van der Waals surface area contributed by atoms with E-state index in [1.54, 1.807) is 0 Å². The molecule has 2 fully saturated rings. The van der Waals surface area contributed by atoms with Crippen LogP contribution in [0.2, 0.25) is 10.0 Å². The Kier molecular flexibility index (Phi) is 3.69. The van der Waals surface area contributed by atoms with Crippen molar-refractivity contribution in [2.75, 3.05) is 18.4 Å². The Balaban J connectivity index is 1.67. The minimum Gasteiger partial charge on any atom is -0.381 e. The predicted octanol–water partition coefficient (Wildman–Crippen LogP) is 4.03. The number of hydrogen-bond donors (Lipinski definition) is 1. The summed E-state index contributed by atoms with van der Waals surface area (Å²) < 4.78 is 0. The van der Waals surface area contributed by atoms with Gasteiger partial charge in [-0.3, -0.25) is 0 Å². The first-order valence-corrected chi connectivity index (χ1v) is 7.43. The summed E-state index contributed by atoms with van der Waals surface area (Å²) in [7, 11) is 0. The first-order chi connectivity index (χ1) is 8.72. The molecule has 0 aliphatic carbocycles. The average Bonchev–Trinajstić information content (AvgIpc) is 2.81. The Hall–Kier alpha value is -0.440. The van der Waals surface area contributed by atoms with Crippen LogP contribution >= 0.6 is 23.2 Å². The fourth-order valence-electron chi connectivity index (χ4n) is 3.18. The number of benzene rings is 1. The topological polar surface area (TPSA) is 15.3 Å². The maximum Gasteiger partial charge on any atom is 0.0638 e. The van der Waals surface area contributed by atoms with Crippen LogP contribution < -0.4 is 5.32 Å². The molecule has 1 aromatic rings. The van der Waals surface area contributed by atoms with Gasteiger partial charge in [0.05, 0.1) is 10.7 Å². The molecule has 0 aromatic heterocycles. The first kappa shape index (κ1) is 12.6. The van der Waals surface area contributed by atoms with E-state index in [1.807, 2.05) is 18.2 Å². The molecule has 0 amide bonds. The van der Waals surface area contributed by atoms with Crippen LogP contribution in [-0.4, -0.2) is 30.1 Å². The third kappa shape index (κ3) is 2.61. The highest BCUT2D eigenvalue weighted by atomic mass is 35.5. The van der Waals surface area contributed by atoms with Gasteiger partial charge >= 0.3 is 0 Å². The Morgan fingerprint density at radius 1 is 1.17 bits per heavy atom. The second-order valence-electron chi connectivity index (χ2n) is 5.32. The average molecular weight is 285 g/mol. The highest BCUT2D eigenvalue weighted by Gasteiger charge is 2.31. The molecule has 0 spiro atoms. The van der Waals surface area contributed by atoms with Crippen molar-refractivity contribution in [2.24, 2.45) is 0 Å². The molecule has 2 aliphatic heterocycles. The number of hydrogen-bond acceptors (Lipinski definition) is 2. The van der Waals surface area contributed by atoms with E-state index in [4.69, 9.17) is 23.2 Å². The van der Waals surface area contributed by atoms with E-state index in [-0.39, 0.29) is 0 Å². The lowest BCUT2D eigenvalue weighted by molar-refractivity contribution is 0.188. The number of rotatable bonds is 2. The van der Waals surface area contributed by atoms with Crippen LogP contribution in [0, 0.1) is 0 Å². The lowest BCUT2D eigenvalue weighted by atomic mass is 9.97. The quantitative estimate of drug-likeness (QED) is 0.882. The summed E-state index contributed by atoms with van der Waals surface area (Å²) in [6.45, 7) is 2.50. The third-order valence-corrected chi connectivity index (χ3v) is 4.67. The van der Waals surface area contributed by atoms with Gasteiger partial charge in [-0.1, -0.05) is 23.2 Å². The van der Waals surface area contributed by atoms with Crippen molar-refractivity contribution in [2.45, 2.75) is 37.8 Å². The molecule has 2 nitrogen and oxygen atoms in total. The van der Waals surface area contributed by atoms with Gasteiger partial charge in [-0.2, -0.15) is 0 Å². The summed E-state index contributed by atoms with van der Waals surface area (Å²) in [5.74, 6) is 0. The molecule has 4 heteroatoms. The summed E-state index contributed by atoms with van der Waals surface area (Å²) in [4.78, 5) is 2.62. The van der Waals surface area contributed by atoms with Gasteiger partial charge in [-0.25, -0.2) is 0 Å². The van der Waals surface area contributed by atoms with E-state index >= 15 is 0 Å². The summed E-state index contributed by atoms with van der Waals surface area (Å²) in [6.07, 6.45) is 5.12. The smallest absolute Gasteiger partial charge is 0.0638 e. The number of halogens is 2. The summed E-state index contributed by atoms with van der Waals surface area (Å²) in [5.41, 5.74) is 0.973. The number of nitrogens with zero attached hydrogens (tertiary/aromatic N) is 1. The van der Waals surface area contributed by atoms with Gasteiger partial charge in [0.2, 0.25) is 0 Å². The van der Waals surface area contributed by atoms with Gasteiger partial charge in [0.15, 0.2) is 0 Å². The molecule has 3 rings (SSSR count). The van der Waals surface area contributed by atoms with E-state index in [0.717, 1.165) is 21.8 Å². The Bertz CT molecular complexity index is 436. The van der Waals surface area contributed by atoms with Crippen molar-refractivity contribution in [1.29, 1.82) is 0 Å². The van der Waals surface area contributed by atoms with Gasteiger partial charge in [-0.15, -0.1) is 0 Å². The maximum absolute atomic E-state index is 6.20. The Labute approximate surface area is 118 Å². The normalized spacial score (nSPS) is 28.1. The van der Waals surface area contributed by atoms with Crippen LogP contribution in [0.5, 0.6) is 0 Å². The molecule has 0 saturated carbocycles. The SMILES string of the molecule is Clc1ccc(Cl)c(NC2CCN3CCCC3C2)c1. The third-order valence-electron chi connectivity index (χ3n) is 4.11. The summed E-state index contributed by atoms with van der Waals surface area (Å²) in [6, 6.07) is 6.91. The molecule has 2 unspecified atom stereocenters. The Morgan fingerprint density at radius 2 is 2.06 bits per heavy atom. The lowest BCUT2D eigenvalue weighted by Gasteiger charge is -2.35. The molecular weight excluding hydrogens is 267 g/mol. The van der Waals surface area contributed by atoms with Gasteiger partial charge in [-0.05, 0) is 50.4 Å². The Morgan fingerprint density at radius 3 is 2.94 bits per heavy atom. The molecular formula is C14H18Cl2N2. The fraction of sp³-hybridized carbons (Fsp3) is 0.571. The number of fused-ring (bicyclic) bond motifs is 1. The molecule has 18 heavy (non-hydrogen) atoms. The van der Waals surface area contributed by atoms with Crippen molar-refractivity contribution in [3.8, 4) is 0 Å². The van der Waals surface area contributed by atoms with Gasteiger partial charge in [0.1, 0.15) is 0 Å². The molecule has 0 radical (unpaired) electrons. The van der Waals surface area contributed by atoms with Crippen LogP contribution in [0.1, 0.15) is 25.7 Å². The monoisotopic (exact) mass is 284 g/mol. The molecule has 1 aromatic carbocycles. The largest absolute Gasteiger partial charge is 0.381 e. The van der Waals surface area contributed by atoms with Gasteiger partial charge in [0, 0.05) is 23.7 Å². The van der Waals surface area contributed by atoms with Crippen LogP contribution in [-0.2, 0) is 0 Å². The summed E-state index contributed by atoms with van der Waals surface area (Å²) in [5, 5.41) is 5.05. The van der Waals surface area contributed by atoms with Crippen LogP contribution in [0.25, 0.3) is 0 Å². The standard InChI is InChI=1S/C14H18Cl2N2/c15-10-3-4-13(16)14(8-10)17-11-5-7-18-6-1-2-12(18)9-11/h3-4,8,11-12,17H,1-2,5-7,9H2. The van der Waals surface area contributed by atoms with E-state index < -0.39 is 0 Å². The molecule has 0 bridgehead atoms. The van der Waals surface area contributed by atoms with Crippen molar-refractivity contribution >= 4 is 28.9 Å². The van der Waals surface area contributed by atoms with E-state index in [0.29, 0.717) is 6.04 Å². The second-order valence-corrected chi connectivity index (χ2v) is 6.17. The van der Waals surface area contributed by atoms with E-state index in [1.165, 1.54) is 38.8 Å². The lowest BCUT2D eigenvalue weighted by Crippen LogP contribution is -2.42. The summed E-state index contributed by atoms with van der Waals surface area (Å²) >= 11 is 12.2. The van der Waals surface area contributed by atoms with Crippen LogP contribution in [0.3, 0.4) is 0 Å². The van der Waals surface area contributed by atoms with Crippen molar-refractivity contribution < 1.29 is 0 Å². The van der Waals surface area contributed by atoms with Crippen molar-refractivity contribution in [3.05, 3.63) is 28.2 Å². The highest BCUT2D eigenvalue weighted by molar-refractivity contribution is 6.35. The number of anilines is 1. The molecule has 1 N–H and O–H groups in total. The zero-order valence-electron chi connectivity index (χ0n) is 10.3. The maximum atomic E-state index is 6.20. The van der Waals surface area contributed by atoms with Crippen LogP contribution in [0.15, 0.2) is 18.2 Å². The zero-order chi connectivity index (χ0) is 12.5. The molecule has 98 valence electrons. The van der Waals surface area contributed by atoms with E-state index in [2.05, 4.69) is 10.2 Å². The van der Waals surface area contributed by atoms with Crippen molar-refractivity contribution in [1.82, 2.24) is 4.90 Å². The van der Waals surface area contributed by atoms with Gasteiger partial charge < -0.3 is 10.2 Å². The molecule has 2 aliphatic rings. The molecule has 2 atom stereocenters.